The Balaban J connectivity index is 0. The Morgan fingerprint density at radius 2 is 1.67 bits per heavy atom. The Bertz CT molecular complexity index is 30.5. The van der Waals surface area contributed by atoms with Crippen LogP contribution in [0.1, 0.15) is 0 Å². The van der Waals surface area contributed by atoms with Gasteiger partial charge in [-0.25, -0.2) is 0 Å². The van der Waals surface area contributed by atoms with Crippen LogP contribution in [-0.4, -0.2) is 31.1 Å². The summed E-state index contributed by atoms with van der Waals surface area (Å²) in [6.07, 6.45) is 0. The van der Waals surface area contributed by atoms with Crippen molar-refractivity contribution in [1.29, 1.82) is 0 Å². The first-order valence-corrected chi connectivity index (χ1v) is 1.91. The highest BCUT2D eigenvalue weighted by Gasteiger charge is 1.65. The Hall–Kier alpha value is -0.308. The molecule has 36 valence electrons. The molecule has 0 aliphatic rings. The Labute approximate surface area is 42.1 Å². The van der Waals surface area contributed by atoms with Gasteiger partial charge in [-0.1, -0.05) is 0 Å². The topological polar surface area (TPSA) is 83.6 Å². The second-order valence-corrected chi connectivity index (χ2v) is 0.238. The van der Waals surface area contributed by atoms with Crippen molar-refractivity contribution in [2.45, 2.75) is 0 Å². The molecule has 5 nitrogen and oxygen atoms in total. The summed E-state index contributed by atoms with van der Waals surface area (Å²) in [6, 6.07) is 0. The van der Waals surface area contributed by atoms with Crippen LogP contribution in [0.5, 0.6) is 0 Å². The van der Waals surface area contributed by atoms with Crippen LogP contribution in [-0.2, 0) is 0 Å². The quantitative estimate of drug-likeness (QED) is 0.218. The first-order chi connectivity index (χ1) is 2.73. The van der Waals surface area contributed by atoms with E-state index in [-0.39, 0.29) is 0 Å². The summed E-state index contributed by atoms with van der Waals surface area (Å²) in [4.78, 5) is 8.36. The lowest BCUT2D eigenvalue weighted by Gasteiger charge is -1.56. The van der Waals surface area contributed by atoms with Gasteiger partial charge in [0.1, 0.15) is 0 Å². The maximum atomic E-state index is 8.36. The molecule has 0 amide bonds. The van der Waals surface area contributed by atoms with E-state index in [4.69, 9.17) is 19.5 Å². The molecule has 0 aliphatic heterocycles. The molecular weight excluding hydrogens is 105 g/mol. The van der Waals surface area contributed by atoms with Crippen molar-refractivity contribution in [2.75, 3.05) is 0 Å². The van der Waals surface area contributed by atoms with Gasteiger partial charge in [0.25, 0.3) is 5.09 Å². The maximum absolute atomic E-state index is 8.36. The van der Waals surface area contributed by atoms with Crippen LogP contribution in [0.15, 0.2) is 0 Å². The first kappa shape index (κ1) is 9.19. The van der Waals surface area contributed by atoms with Gasteiger partial charge < -0.3 is 9.37 Å². The van der Waals surface area contributed by atoms with E-state index in [0.29, 0.717) is 16.6 Å². The normalized spacial score (nSPS) is 4.83. The standard InChI is InChI=1S/Al.HNO3.H2O.2H/c;2-1(3)4;;;/h;(H,2,3,4);1H2;;/q+1;;;;/p-1. The summed E-state index contributed by atoms with van der Waals surface area (Å²) in [7, 11) is 0. The molecule has 0 unspecified atom stereocenters. The summed E-state index contributed by atoms with van der Waals surface area (Å²) in [5.74, 6) is 0. The minimum Gasteiger partial charge on any atom is -0.521 e. The molecule has 0 aliphatic carbocycles. The lowest BCUT2D eigenvalue weighted by molar-refractivity contribution is -0.742. The van der Waals surface area contributed by atoms with Crippen molar-refractivity contribution in [3.8, 4) is 0 Å². The fourth-order valence-corrected chi connectivity index (χ4v) is 0. The predicted octanol–water partition coefficient (Wildman–Crippen LogP) is -1.82. The lowest BCUT2D eigenvalue weighted by atomic mass is 13.1. The van der Waals surface area contributed by atoms with Gasteiger partial charge in [-0.2, -0.15) is 0 Å². The summed E-state index contributed by atoms with van der Waals surface area (Å²) >= 11 is 0.306. The largest absolute Gasteiger partial charge is 0.521 e. The van der Waals surface area contributed by atoms with Crippen LogP contribution >= 0.6 is 0 Å². The van der Waals surface area contributed by atoms with Crippen molar-refractivity contribution in [1.82, 2.24) is 0 Å². The third kappa shape index (κ3) is 283. The average molecular weight is 109 g/mol. The molecule has 6 heteroatoms. The zero-order valence-electron chi connectivity index (χ0n) is 3.16. The Morgan fingerprint density at radius 3 is 1.67 bits per heavy atom. The third-order valence-corrected chi connectivity index (χ3v) is 0. The summed E-state index contributed by atoms with van der Waals surface area (Å²) in [6.45, 7) is 0. The minimum atomic E-state index is -1.50. The van der Waals surface area contributed by atoms with Crippen LogP contribution < -0.4 is 0 Å². The van der Waals surface area contributed by atoms with Gasteiger partial charge in [0.15, 0.2) is 0 Å². The van der Waals surface area contributed by atoms with Crippen LogP contribution in [0, 0.1) is 10.1 Å². The molecule has 0 aromatic rings. The summed E-state index contributed by atoms with van der Waals surface area (Å²) < 4.78 is 7.14. The van der Waals surface area contributed by atoms with Gasteiger partial charge in [-0.15, -0.1) is 10.1 Å². The van der Waals surface area contributed by atoms with Gasteiger partial charge in [-0.05, 0) is 0 Å². The van der Waals surface area contributed by atoms with E-state index in [2.05, 4.69) is 0 Å². The lowest BCUT2D eigenvalue weighted by Crippen LogP contribution is -1.81. The Morgan fingerprint density at radius 1 is 1.67 bits per heavy atom. The molecule has 0 fully saturated rings. The van der Waals surface area contributed by atoms with Crippen LogP contribution in [0.25, 0.3) is 0 Å². The van der Waals surface area contributed by atoms with E-state index in [9.17, 15) is 0 Å². The van der Waals surface area contributed by atoms with Gasteiger partial charge in [-0.3, -0.25) is 0 Å². The molecule has 0 rings (SSSR count). The van der Waals surface area contributed by atoms with Crippen molar-refractivity contribution in [3.63, 3.8) is 0 Å². The molecular formula is H4AlNO4. The average Bonchev–Trinajstić information content (AvgIpc) is 1.41. The highest BCUT2D eigenvalue weighted by Crippen LogP contribution is 1.38. The molecule has 0 atom stereocenters. The molecule has 0 heterocycles. The second-order valence-electron chi connectivity index (χ2n) is 0.238. The van der Waals surface area contributed by atoms with Crippen molar-refractivity contribution < 1.29 is 14.5 Å². The van der Waals surface area contributed by atoms with Crippen LogP contribution in [0.2, 0.25) is 0 Å². The van der Waals surface area contributed by atoms with Crippen LogP contribution in [0.3, 0.4) is 0 Å². The van der Waals surface area contributed by atoms with Crippen molar-refractivity contribution in [3.05, 3.63) is 10.1 Å². The van der Waals surface area contributed by atoms with E-state index in [1.807, 2.05) is 0 Å². The molecule has 0 aromatic heterocycles. The van der Waals surface area contributed by atoms with E-state index in [1.54, 1.807) is 0 Å². The molecule has 0 radical (unpaired) electrons. The van der Waals surface area contributed by atoms with Gasteiger partial charge in [0.2, 0.25) is 0 Å². The van der Waals surface area contributed by atoms with E-state index >= 15 is 0 Å². The zero-order chi connectivity index (χ0) is 5.58. The van der Waals surface area contributed by atoms with Gasteiger partial charge >= 0.3 is 16.6 Å². The highest BCUT2D eigenvalue weighted by molar-refractivity contribution is 5.95. The van der Waals surface area contributed by atoms with E-state index in [0.717, 1.165) is 0 Å². The summed E-state index contributed by atoms with van der Waals surface area (Å²) in [5, 5.41) is 13.6. The molecule has 0 saturated carbocycles. The smallest absolute Gasteiger partial charge is 0.407 e. The number of hydrogen-bond acceptors (Lipinski definition) is 3. The monoisotopic (exact) mass is 109 g/mol. The molecule has 0 bridgehead atoms. The Kier molecular flexibility index (Phi) is 13.5. The van der Waals surface area contributed by atoms with Gasteiger partial charge in [0, 0.05) is 0 Å². The predicted molar refractivity (Wildman–Crippen MR) is 19.5 cm³/mol. The van der Waals surface area contributed by atoms with E-state index < -0.39 is 5.09 Å². The van der Waals surface area contributed by atoms with Crippen molar-refractivity contribution in [2.24, 2.45) is 0 Å². The number of nitrogens with zero attached hydrogens (tertiary/aromatic N) is 1. The number of rotatable bonds is 0. The highest BCUT2D eigenvalue weighted by atomic mass is 27.1. The molecule has 6 heavy (non-hydrogen) atoms. The minimum absolute atomic E-state index is 0.306. The molecule has 0 spiro atoms. The van der Waals surface area contributed by atoms with Crippen molar-refractivity contribution >= 4 is 16.6 Å². The molecule has 0 aromatic carbocycles. The molecule has 0 saturated heterocycles. The summed E-state index contributed by atoms with van der Waals surface area (Å²) in [5.41, 5.74) is 0. The van der Waals surface area contributed by atoms with Crippen LogP contribution in [0.4, 0.5) is 0 Å². The second kappa shape index (κ2) is 8.83. The molecule has 2 N–H and O–H groups in total. The first-order valence-electron chi connectivity index (χ1n) is 1.01. The SMILES string of the molecule is O=[N+]([O-])O.[OH][AlH2]. The fourth-order valence-electron chi connectivity index (χ4n) is 0. The fraction of sp³-hybridized carbons (Fsp3) is 0. The maximum Gasteiger partial charge on any atom is 0.407 e. The van der Waals surface area contributed by atoms with Gasteiger partial charge in [0.05, 0.1) is 0 Å². The third-order valence-electron chi connectivity index (χ3n) is 0. The number of hydrogen-bond donors (Lipinski definition) is 2. The van der Waals surface area contributed by atoms with E-state index in [1.165, 1.54) is 0 Å². The zero-order valence-corrected chi connectivity index (χ0v) is 5.16.